The molecule has 0 saturated heterocycles. The Morgan fingerprint density at radius 1 is 1.24 bits per heavy atom. The number of nitrogens with zero attached hydrogens (tertiary/aromatic N) is 2. The second-order valence-electron chi connectivity index (χ2n) is 4.68. The van der Waals surface area contributed by atoms with Crippen molar-refractivity contribution < 1.29 is 18.1 Å². The van der Waals surface area contributed by atoms with Crippen molar-refractivity contribution in [2.45, 2.75) is 32.9 Å². The first-order valence-corrected chi connectivity index (χ1v) is 6.62. The van der Waals surface area contributed by atoms with Gasteiger partial charge in [-0.3, -0.25) is 10.1 Å². The molecule has 5 nitrogen and oxygen atoms in total. The van der Waals surface area contributed by atoms with E-state index in [4.69, 9.17) is 5.73 Å². The van der Waals surface area contributed by atoms with Crippen LogP contribution < -0.4 is 10.6 Å². The van der Waals surface area contributed by atoms with E-state index in [1.807, 2.05) is 13.8 Å². The second-order valence-corrected chi connectivity index (χ2v) is 4.68. The summed E-state index contributed by atoms with van der Waals surface area (Å²) in [5.74, 6) is 0. The molecule has 2 N–H and O–H groups in total. The molecular formula is C13H18F3N3O2. The van der Waals surface area contributed by atoms with Crippen LogP contribution in [0.5, 0.6) is 0 Å². The Balaban J connectivity index is 3.46. The standard InChI is InChI=1S/C13H18F3N3O2/c1-3-5-18(6-4-2)12-10(17)7-9(13(14,15)16)8-11(12)19(20)21/h7-8H,3-6,17H2,1-2H3. The lowest BCUT2D eigenvalue weighted by Crippen LogP contribution is -2.27. The molecular weight excluding hydrogens is 287 g/mol. The molecule has 0 unspecified atom stereocenters. The molecule has 0 saturated carbocycles. The molecule has 0 heterocycles. The van der Waals surface area contributed by atoms with Crippen molar-refractivity contribution in [1.29, 1.82) is 0 Å². The first kappa shape index (κ1) is 17.1. The Hall–Kier alpha value is -1.99. The molecule has 1 aromatic rings. The lowest BCUT2D eigenvalue weighted by atomic mass is 10.1. The van der Waals surface area contributed by atoms with Crippen molar-refractivity contribution >= 4 is 17.1 Å². The lowest BCUT2D eigenvalue weighted by Gasteiger charge is -2.25. The SMILES string of the molecule is CCCN(CCC)c1c(N)cc(C(F)(F)F)cc1[N+](=O)[O-]. The number of nitrogen functional groups attached to an aromatic ring is 1. The molecule has 1 aromatic carbocycles. The molecule has 0 amide bonds. The summed E-state index contributed by atoms with van der Waals surface area (Å²) >= 11 is 0. The summed E-state index contributed by atoms with van der Waals surface area (Å²) in [5.41, 5.74) is 3.80. The van der Waals surface area contributed by atoms with Crippen LogP contribution in [0, 0.1) is 10.1 Å². The van der Waals surface area contributed by atoms with Gasteiger partial charge in [-0.05, 0) is 18.9 Å². The predicted molar refractivity (Wildman–Crippen MR) is 75.3 cm³/mol. The van der Waals surface area contributed by atoms with E-state index in [2.05, 4.69) is 0 Å². The topological polar surface area (TPSA) is 72.4 Å². The third kappa shape index (κ3) is 3.99. The van der Waals surface area contributed by atoms with E-state index in [1.165, 1.54) is 0 Å². The van der Waals surface area contributed by atoms with E-state index in [-0.39, 0.29) is 11.4 Å². The van der Waals surface area contributed by atoms with Crippen LogP contribution in [-0.2, 0) is 6.18 Å². The van der Waals surface area contributed by atoms with Gasteiger partial charge in [0.05, 0.1) is 16.2 Å². The Bertz CT molecular complexity index is 512. The van der Waals surface area contributed by atoms with Crippen molar-refractivity contribution in [2.75, 3.05) is 23.7 Å². The molecule has 0 radical (unpaired) electrons. The van der Waals surface area contributed by atoms with Crippen LogP contribution in [0.3, 0.4) is 0 Å². The van der Waals surface area contributed by atoms with Gasteiger partial charge in [-0.1, -0.05) is 13.8 Å². The van der Waals surface area contributed by atoms with Crippen LogP contribution >= 0.6 is 0 Å². The fourth-order valence-corrected chi connectivity index (χ4v) is 2.16. The number of hydrogen-bond donors (Lipinski definition) is 1. The fourth-order valence-electron chi connectivity index (χ4n) is 2.16. The summed E-state index contributed by atoms with van der Waals surface area (Å²) in [6, 6.07) is 1.30. The fraction of sp³-hybridized carbons (Fsp3) is 0.538. The van der Waals surface area contributed by atoms with Crippen molar-refractivity contribution in [3.8, 4) is 0 Å². The van der Waals surface area contributed by atoms with Crippen molar-refractivity contribution in [3.05, 3.63) is 27.8 Å². The highest BCUT2D eigenvalue weighted by molar-refractivity contribution is 5.79. The Morgan fingerprint density at radius 3 is 2.14 bits per heavy atom. The molecule has 118 valence electrons. The van der Waals surface area contributed by atoms with Gasteiger partial charge < -0.3 is 10.6 Å². The smallest absolute Gasteiger partial charge is 0.397 e. The molecule has 0 aliphatic carbocycles. The maximum Gasteiger partial charge on any atom is 0.416 e. The highest BCUT2D eigenvalue weighted by Gasteiger charge is 2.35. The number of nitro groups is 1. The minimum atomic E-state index is -4.67. The molecule has 1 rings (SSSR count). The summed E-state index contributed by atoms with van der Waals surface area (Å²) < 4.78 is 38.2. The maximum absolute atomic E-state index is 12.7. The first-order valence-electron chi connectivity index (χ1n) is 6.62. The number of alkyl halides is 3. The van der Waals surface area contributed by atoms with Crippen LogP contribution in [0.25, 0.3) is 0 Å². The number of hydrogen-bond acceptors (Lipinski definition) is 4. The quantitative estimate of drug-likeness (QED) is 0.492. The van der Waals surface area contributed by atoms with E-state index in [0.717, 1.165) is 6.07 Å². The van der Waals surface area contributed by atoms with Gasteiger partial charge in [0.15, 0.2) is 0 Å². The monoisotopic (exact) mass is 305 g/mol. The minimum absolute atomic E-state index is 0.0664. The largest absolute Gasteiger partial charge is 0.416 e. The van der Waals surface area contributed by atoms with E-state index < -0.39 is 22.4 Å². The minimum Gasteiger partial charge on any atom is -0.397 e. The number of nitro benzene ring substituents is 1. The van der Waals surface area contributed by atoms with E-state index >= 15 is 0 Å². The average Bonchev–Trinajstić information content (AvgIpc) is 2.36. The van der Waals surface area contributed by atoms with Gasteiger partial charge in [0.25, 0.3) is 5.69 Å². The highest BCUT2D eigenvalue weighted by Crippen LogP contribution is 2.40. The van der Waals surface area contributed by atoms with Crippen LogP contribution in [0.4, 0.5) is 30.2 Å². The van der Waals surface area contributed by atoms with Gasteiger partial charge >= 0.3 is 6.18 Å². The van der Waals surface area contributed by atoms with Gasteiger partial charge in [0.1, 0.15) is 5.69 Å². The van der Waals surface area contributed by atoms with Gasteiger partial charge in [-0.15, -0.1) is 0 Å². The third-order valence-corrected chi connectivity index (χ3v) is 2.95. The number of benzene rings is 1. The summed E-state index contributed by atoms with van der Waals surface area (Å²) in [7, 11) is 0. The summed E-state index contributed by atoms with van der Waals surface area (Å²) in [5, 5.41) is 11.1. The molecule has 0 bridgehead atoms. The zero-order chi connectivity index (χ0) is 16.2. The van der Waals surface area contributed by atoms with Crippen molar-refractivity contribution in [1.82, 2.24) is 0 Å². The molecule has 0 aliphatic rings. The predicted octanol–water partition coefficient (Wildman–Crippen LogP) is 3.82. The average molecular weight is 305 g/mol. The van der Waals surface area contributed by atoms with Gasteiger partial charge in [-0.25, -0.2) is 0 Å². The molecule has 0 spiro atoms. The van der Waals surface area contributed by atoms with Crippen LogP contribution in [-0.4, -0.2) is 18.0 Å². The van der Waals surface area contributed by atoms with Gasteiger partial charge in [0.2, 0.25) is 0 Å². The molecule has 8 heteroatoms. The Morgan fingerprint density at radius 2 is 1.76 bits per heavy atom. The number of rotatable bonds is 6. The molecule has 0 aliphatic heterocycles. The Kier molecular flexibility index (Phi) is 5.40. The molecule has 21 heavy (non-hydrogen) atoms. The van der Waals surface area contributed by atoms with Gasteiger partial charge in [-0.2, -0.15) is 13.2 Å². The lowest BCUT2D eigenvalue weighted by molar-refractivity contribution is -0.384. The summed E-state index contributed by atoms with van der Waals surface area (Å²) in [6.07, 6.45) is -3.26. The van der Waals surface area contributed by atoms with E-state index in [9.17, 15) is 23.3 Å². The van der Waals surface area contributed by atoms with Gasteiger partial charge in [0, 0.05) is 19.2 Å². The normalized spacial score (nSPS) is 11.5. The van der Waals surface area contributed by atoms with Crippen molar-refractivity contribution in [2.24, 2.45) is 0 Å². The van der Waals surface area contributed by atoms with E-state index in [0.29, 0.717) is 32.0 Å². The number of anilines is 2. The van der Waals surface area contributed by atoms with Crippen LogP contribution in [0.1, 0.15) is 32.3 Å². The third-order valence-electron chi connectivity index (χ3n) is 2.95. The zero-order valence-electron chi connectivity index (χ0n) is 11.9. The maximum atomic E-state index is 12.7. The molecule has 0 fully saturated rings. The zero-order valence-corrected chi connectivity index (χ0v) is 11.9. The molecule has 0 atom stereocenters. The second kappa shape index (κ2) is 6.64. The van der Waals surface area contributed by atoms with Crippen molar-refractivity contribution in [3.63, 3.8) is 0 Å². The summed E-state index contributed by atoms with van der Waals surface area (Å²) in [4.78, 5) is 12.0. The number of halogens is 3. The number of nitrogens with two attached hydrogens (primary N) is 1. The Labute approximate surface area is 120 Å². The highest BCUT2D eigenvalue weighted by atomic mass is 19.4. The van der Waals surface area contributed by atoms with Crippen LogP contribution in [0.15, 0.2) is 12.1 Å². The van der Waals surface area contributed by atoms with E-state index in [1.54, 1.807) is 4.90 Å². The summed E-state index contributed by atoms with van der Waals surface area (Å²) in [6.45, 7) is 4.75. The first-order chi connectivity index (χ1) is 9.72. The van der Waals surface area contributed by atoms with Crippen LogP contribution in [0.2, 0.25) is 0 Å². The molecule has 0 aromatic heterocycles.